The fourth-order valence-electron chi connectivity index (χ4n) is 8.60. The topological polar surface area (TPSA) is 48.5 Å². The maximum absolute atomic E-state index is 5.33. The minimum atomic E-state index is 0.577. The van der Waals surface area contributed by atoms with Crippen LogP contribution in [0.15, 0.2) is 188 Å². The molecule has 4 heterocycles. The zero-order valence-corrected chi connectivity index (χ0v) is 31.4. The molecule has 4 aromatic heterocycles. The molecule has 0 fully saturated rings. The van der Waals surface area contributed by atoms with Gasteiger partial charge in [0, 0.05) is 58.5 Å². The van der Waals surface area contributed by atoms with Crippen LogP contribution < -0.4 is 0 Å². The Morgan fingerprint density at radius 2 is 0.930 bits per heavy atom. The zero-order valence-electron chi connectivity index (χ0n) is 30.5. The van der Waals surface area contributed by atoms with Crippen LogP contribution in [0.25, 0.3) is 109 Å². The van der Waals surface area contributed by atoms with Gasteiger partial charge in [-0.1, -0.05) is 140 Å². The van der Waals surface area contributed by atoms with Gasteiger partial charge >= 0.3 is 0 Å². The second-order valence-corrected chi connectivity index (χ2v) is 15.5. The molecule has 8 aromatic carbocycles. The summed E-state index contributed by atoms with van der Waals surface area (Å²) in [4.78, 5) is 15.7. The summed E-state index contributed by atoms with van der Waals surface area (Å²) in [6.07, 6.45) is 0. The highest BCUT2D eigenvalue weighted by molar-refractivity contribution is 7.25. The van der Waals surface area contributed by atoms with Gasteiger partial charge in [0.2, 0.25) is 5.95 Å². The van der Waals surface area contributed by atoms with Crippen molar-refractivity contribution in [3.05, 3.63) is 188 Å². The van der Waals surface area contributed by atoms with E-state index >= 15 is 0 Å². The van der Waals surface area contributed by atoms with Gasteiger partial charge in [-0.3, -0.25) is 4.57 Å². The van der Waals surface area contributed by atoms with Crippen molar-refractivity contribution in [3.63, 3.8) is 0 Å². The number of hydrogen-bond donors (Lipinski definition) is 0. The summed E-state index contributed by atoms with van der Waals surface area (Å²) in [5, 5.41) is 7.22. The van der Waals surface area contributed by atoms with Crippen molar-refractivity contribution < 1.29 is 0 Å². The molecule has 266 valence electrons. The van der Waals surface area contributed by atoms with Crippen LogP contribution in [0.4, 0.5) is 0 Å². The van der Waals surface area contributed by atoms with Crippen molar-refractivity contribution in [3.8, 4) is 45.5 Å². The molecule has 0 radical (unpaired) electrons. The smallest absolute Gasteiger partial charge is 0.238 e. The van der Waals surface area contributed by atoms with E-state index in [1.807, 2.05) is 29.5 Å². The Morgan fingerprint density at radius 3 is 1.70 bits per heavy atom. The van der Waals surface area contributed by atoms with Gasteiger partial charge in [-0.2, -0.15) is 9.97 Å². The summed E-state index contributed by atoms with van der Waals surface area (Å²) in [6, 6.07) is 66.6. The molecule has 12 aromatic rings. The highest BCUT2D eigenvalue weighted by Gasteiger charge is 2.23. The van der Waals surface area contributed by atoms with Crippen molar-refractivity contribution in [2.24, 2.45) is 0 Å². The summed E-state index contributed by atoms with van der Waals surface area (Å²) in [6.45, 7) is 0. The van der Waals surface area contributed by atoms with E-state index in [9.17, 15) is 0 Å². The monoisotopic (exact) mass is 745 g/mol. The van der Waals surface area contributed by atoms with Crippen LogP contribution in [-0.2, 0) is 0 Å². The lowest BCUT2D eigenvalue weighted by atomic mass is 10.0. The number of rotatable bonds is 5. The Labute approximate surface area is 331 Å². The summed E-state index contributed by atoms with van der Waals surface area (Å²) in [5.41, 5.74) is 9.69. The predicted molar refractivity (Wildman–Crippen MR) is 238 cm³/mol. The van der Waals surface area contributed by atoms with E-state index in [0.717, 1.165) is 60.6 Å². The molecule has 57 heavy (non-hydrogen) atoms. The van der Waals surface area contributed by atoms with E-state index in [-0.39, 0.29) is 0 Å². The third kappa shape index (κ3) is 4.98. The first kappa shape index (κ1) is 31.9. The fourth-order valence-corrected chi connectivity index (χ4v) is 9.69. The van der Waals surface area contributed by atoms with Crippen molar-refractivity contribution in [2.45, 2.75) is 0 Å². The van der Waals surface area contributed by atoms with Gasteiger partial charge in [-0.15, -0.1) is 11.3 Å². The molecule has 0 saturated carbocycles. The average Bonchev–Trinajstić information content (AvgIpc) is 3.94. The van der Waals surface area contributed by atoms with Gasteiger partial charge in [0.25, 0.3) is 0 Å². The molecule has 0 bridgehead atoms. The fraction of sp³-hybridized carbons (Fsp3) is 0. The number of thiophene rings is 1. The first-order valence-electron chi connectivity index (χ1n) is 19.1. The number of fused-ring (bicyclic) bond motifs is 10. The van der Waals surface area contributed by atoms with Gasteiger partial charge in [-0.25, -0.2) is 4.98 Å². The number of hydrogen-bond acceptors (Lipinski definition) is 4. The number of aromatic nitrogens is 5. The first-order chi connectivity index (χ1) is 28.3. The molecule has 0 spiro atoms. The lowest BCUT2D eigenvalue weighted by Crippen LogP contribution is -2.06. The molecule has 0 aliphatic carbocycles. The number of benzene rings is 8. The maximum Gasteiger partial charge on any atom is 0.238 e. The number of para-hydroxylation sites is 3. The third-order valence-corrected chi connectivity index (χ3v) is 12.3. The van der Waals surface area contributed by atoms with Crippen LogP contribution in [0.2, 0.25) is 0 Å². The van der Waals surface area contributed by atoms with Gasteiger partial charge < -0.3 is 4.57 Å². The highest BCUT2D eigenvalue weighted by atomic mass is 32.1. The molecular formula is C51H31N5S. The van der Waals surface area contributed by atoms with Gasteiger partial charge in [-0.05, 0) is 59.7 Å². The van der Waals surface area contributed by atoms with Gasteiger partial charge in [0.05, 0.1) is 22.1 Å². The summed E-state index contributed by atoms with van der Waals surface area (Å²) >= 11 is 1.84. The SMILES string of the molecule is c1ccc(-c2nc(-c3ccc(-c4ccc5sc6ccccc6c5c4)cc3)nc(-n3c4ccccc4c4ccc5c(c6ccccc6n5-c5ccccc5)c43)n2)cc1. The van der Waals surface area contributed by atoms with Crippen molar-refractivity contribution in [2.75, 3.05) is 0 Å². The van der Waals surface area contributed by atoms with E-state index in [1.54, 1.807) is 0 Å². The Kier molecular flexibility index (Phi) is 7.03. The van der Waals surface area contributed by atoms with E-state index in [4.69, 9.17) is 15.0 Å². The molecule has 0 atom stereocenters. The van der Waals surface area contributed by atoms with E-state index < -0.39 is 0 Å². The van der Waals surface area contributed by atoms with Crippen molar-refractivity contribution in [1.82, 2.24) is 24.1 Å². The van der Waals surface area contributed by atoms with Crippen LogP contribution in [0.1, 0.15) is 0 Å². The summed E-state index contributed by atoms with van der Waals surface area (Å²) in [5.74, 6) is 1.82. The summed E-state index contributed by atoms with van der Waals surface area (Å²) in [7, 11) is 0. The highest BCUT2D eigenvalue weighted by Crippen LogP contribution is 2.42. The lowest BCUT2D eigenvalue weighted by Gasteiger charge is -2.12. The average molecular weight is 746 g/mol. The molecular weight excluding hydrogens is 715 g/mol. The van der Waals surface area contributed by atoms with Crippen molar-refractivity contribution >= 4 is 75.1 Å². The minimum Gasteiger partial charge on any atom is -0.309 e. The van der Waals surface area contributed by atoms with Crippen LogP contribution in [-0.4, -0.2) is 24.1 Å². The second-order valence-electron chi connectivity index (χ2n) is 14.4. The lowest BCUT2D eigenvalue weighted by molar-refractivity contribution is 0.955. The van der Waals surface area contributed by atoms with E-state index in [2.05, 4.69) is 179 Å². The minimum absolute atomic E-state index is 0.577. The second kappa shape index (κ2) is 12.6. The molecule has 12 rings (SSSR count). The molecule has 0 aliphatic rings. The number of nitrogens with zero attached hydrogens (tertiary/aromatic N) is 5. The Hall–Kier alpha value is -7.41. The molecule has 0 amide bonds. The molecule has 0 aliphatic heterocycles. The van der Waals surface area contributed by atoms with E-state index in [0.29, 0.717) is 17.6 Å². The predicted octanol–water partition coefficient (Wildman–Crippen LogP) is 13.4. The first-order valence-corrected chi connectivity index (χ1v) is 19.9. The Morgan fingerprint density at radius 1 is 0.351 bits per heavy atom. The van der Waals surface area contributed by atoms with Crippen LogP contribution in [0, 0.1) is 0 Å². The third-order valence-electron chi connectivity index (χ3n) is 11.2. The molecule has 0 N–H and O–H groups in total. The van der Waals surface area contributed by atoms with Crippen molar-refractivity contribution in [1.29, 1.82) is 0 Å². The van der Waals surface area contributed by atoms with E-state index in [1.165, 1.54) is 31.1 Å². The zero-order chi connectivity index (χ0) is 37.5. The normalized spacial score (nSPS) is 11.9. The molecule has 0 unspecified atom stereocenters. The Bertz CT molecular complexity index is 3510. The van der Waals surface area contributed by atoms with Crippen LogP contribution in [0.3, 0.4) is 0 Å². The van der Waals surface area contributed by atoms with Crippen LogP contribution in [0.5, 0.6) is 0 Å². The molecule has 0 saturated heterocycles. The largest absolute Gasteiger partial charge is 0.309 e. The standard InChI is InChI=1S/C51H31N5S/c1-3-13-33(14-4-1)49-52-50(34-25-23-32(24-26-34)35-27-30-46-41(31-35)38-18-9-12-22-45(38)57-46)54-51(53-49)56-42-20-10-7-17-37(42)39-28-29-44-47(48(39)56)40-19-8-11-21-43(40)55(44)36-15-5-2-6-16-36/h1-31H. The molecule has 5 nitrogen and oxygen atoms in total. The quantitative estimate of drug-likeness (QED) is 0.176. The van der Waals surface area contributed by atoms with Crippen LogP contribution >= 0.6 is 11.3 Å². The van der Waals surface area contributed by atoms with Gasteiger partial charge in [0.1, 0.15) is 0 Å². The molecule has 6 heteroatoms. The summed E-state index contributed by atoms with van der Waals surface area (Å²) < 4.78 is 7.22. The Balaban J connectivity index is 1.09. The van der Waals surface area contributed by atoms with Gasteiger partial charge in [0.15, 0.2) is 11.6 Å². The maximum atomic E-state index is 5.33.